The van der Waals surface area contributed by atoms with Crippen LogP contribution in [0.25, 0.3) is 0 Å². The number of ether oxygens (including phenoxy) is 2. The molecular weight excluding hydrogens is 284 g/mol. The summed E-state index contributed by atoms with van der Waals surface area (Å²) >= 11 is 0. The Morgan fingerprint density at radius 2 is 2.00 bits per heavy atom. The van der Waals surface area contributed by atoms with Gasteiger partial charge in [0.2, 0.25) is 5.79 Å². The lowest BCUT2D eigenvalue weighted by molar-refractivity contribution is -0.475. The van der Waals surface area contributed by atoms with Crippen molar-refractivity contribution in [1.29, 1.82) is 0 Å². The molecule has 0 aromatic heterocycles. The van der Waals surface area contributed by atoms with Gasteiger partial charge in [-0.1, -0.05) is 42.7 Å². The zero-order valence-corrected chi connectivity index (χ0v) is 12.7. The number of rotatable bonds is 2. The van der Waals surface area contributed by atoms with Gasteiger partial charge in [0.1, 0.15) is 17.8 Å². The van der Waals surface area contributed by atoms with Crippen molar-refractivity contribution >= 4 is 0 Å². The highest BCUT2D eigenvalue weighted by molar-refractivity contribution is 5.39. The first-order chi connectivity index (χ1) is 10.5. The van der Waals surface area contributed by atoms with Crippen molar-refractivity contribution in [3.8, 4) is 0 Å². The summed E-state index contributed by atoms with van der Waals surface area (Å²) < 4.78 is 12.1. The van der Waals surface area contributed by atoms with Crippen LogP contribution in [0.3, 0.4) is 0 Å². The zero-order valence-electron chi connectivity index (χ0n) is 12.7. The van der Waals surface area contributed by atoms with Gasteiger partial charge in [0.05, 0.1) is 6.61 Å². The van der Waals surface area contributed by atoms with Gasteiger partial charge in [-0.05, 0) is 19.8 Å². The van der Waals surface area contributed by atoms with Crippen molar-refractivity contribution < 1.29 is 24.8 Å². The maximum absolute atomic E-state index is 11.5. The summed E-state index contributed by atoms with van der Waals surface area (Å²) in [4.78, 5) is 0. The molecule has 2 aliphatic heterocycles. The molecule has 4 atom stereocenters. The third kappa shape index (κ3) is 1.46. The molecule has 1 spiro atoms. The van der Waals surface area contributed by atoms with Crippen molar-refractivity contribution in [3.63, 3.8) is 0 Å². The number of hydrogen-bond acceptors (Lipinski definition) is 5. The van der Waals surface area contributed by atoms with E-state index in [4.69, 9.17) is 9.47 Å². The number of fused-ring (bicyclic) bond motifs is 2. The topological polar surface area (TPSA) is 79.2 Å². The lowest BCUT2D eigenvalue weighted by Gasteiger charge is -2.63. The van der Waals surface area contributed by atoms with Gasteiger partial charge in [0, 0.05) is 5.56 Å². The molecule has 1 unspecified atom stereocenters. The highest BCUT2D eigenvalue weighted by atomic mass is 16.8. The molecule has 2 heterocycles. The Bertz CT molecular complexity index is 596. The normalized spacial score (nSPS) is 42.4. The molecular formula is C17H22O5. The molecule has 0 amide bonds. The van der Waals surface area contributed by atoms with Crippen molar-refractivity contribution in [2.45, 2.75) is 61.8 Å². The number of aliphatic hydroxyl groups excluding tert-OH is 2. The van der Waals surface area contributed by atoms with E-state index in [0.29, 0.717) is 18.4 Å². The molecule has 4 rings (SSSR count). The van der Waals surface area contributed by atoms with Gasteiger partial charge in [-0.3, -0.25) is 0 Å². The standard InChI is InChI=1S/C17H22O5/c1-11-5-4-6-12(9-11)17-16(20,14(19)13(10-18)21-17)15(22-17)7-2-3-8-15/h4-6,9,13-14,18-20H,2-3,7-8,10H2,1H3/t13-,14+,16+,17?/m1/s1. The number of aryl methyl sites for hydroxylation is 1. The van der Waals surface area contributed by atoms with E-state index in [-0.39, 0.29) is 6.61 Å². The number of benzene rings is 1. The molecule has 0 radical (unpaired) electrons. The summed E-state index contributed by atoms with van der Waals surface area (Å²) in [5, 5.41) is 31.6. The van der Waals surface area contributed by atoms with Crippen LogP contribution in [0.4, 0.5) is 0 Å². The molecule has 5 nitrogen and oxygen atoms in total. The molecule has 22 heavy (non-hydrogen) atoms. The van der Waals surface area contributed by atoms with Crippen LogP contribution in [0.5, 0.6) is 0 Å². The second kappa shape index (κ2) is 4.52. The van der Waals surface area contributed by atoms with Crippen LogP contribution in [0.15, 0.2) is 24.3 Å². The van der Waals surface area contributed by atoms with Crippen LogP contribution in [0, 0.1) is 6.92 Å². The van der Waals surface area contributed by atoms with E-state index in [1.54, 1.807) is 0 Å². The van der Waals surface area contributed by atoms with Crippen molar-refractivity contribution in [2.75, 3.05) is 6.61 Å². The van der Waals surface area contributed by atoms with E-state index in [1.807, 2.05) is 31.2 Å². The average molecular weight is 306 g/mol. The van der Waals surface area contributed by atoms with E-state index in [1.165, 1.54) is 0 Å². The molecule has 2 saturated heterocycles. The molecule has 1 aromatic rings. The SMILES string of the molecule is Cc1cccc(C23O[C@H](CO)[C@H](O)[C@]2(O)C2(CCCC2)O3)c1. The Hall–Kier alpha value is -0.980. The molecule has 120 valence electrons. The molecule has 1 aromatic carbocycles. The fourth-order valence-corrected chi connectivity index (χ4v) is 4.57. The maximum Gasteiger partial charge on any atom is 0.231 e. The second-order valence-corrected chi connectivity index (χ2v) is 6.84. The van der Waals surface area contributed by atoms with E-state index in [2.05, 4.69) is 0 Å². The van der Waals surface area contributed by atoms with Crippen LogP contribution in [-0.4, -0.2) is 45.3 Å². The zero-order chi connectivity index (χ0) is 15.6. The highest BCUT2D eigenvalue weighted by Crippen LogP contribution is 2.68. The predicted octanol–water partition coefficient (Wildman–Crippen LogP) is 0.974. The molecule has 3 N–H and O–H groups in total. The maximum atomic E-state index is 11.5. The highest BCUT2D eigenvalue weighted by Gasteiger charge is 2.84. The Balaban J connectivity index is 1.84. The molecule has 5 heteroatoms. The summed E-state index contributed by atoms with van der Waals surface area (Å²) in [6, 6.07) is 7.58. The summed E-state index contributed by atoms with van der Waals surface area (Å²) in [6.45, 7) is 1.61. The minimum absolute atomic E-state index is 0.351. The molecule has 3 aliphatic rings. The first-order valence-electron chi connectivity index (χ1n) is 7.95. The Morgan fingerprint density at radius 3 is 2.64 bits per heavy atom. The minimum atomic E-state index is -1.52. The van der Waals surface area contributed by atoms with Crippen LogP contribution in [0.2, 0.25) is 0 Å². The molecule has 0 bridgehead atoms. The summed E-state index contributed by atoms with van der Waals surface area (Å²) in [7, 11) is 0. The van der Waals surface area contributed by atoms with Crippen molar-refractivity contribution in [2.24, 2.45) is 0 Å². The largest absolute Gasteiger partial charge is 0.394 e. The average Bonchev–Trinajstić information content (AvgIpc) is 3.06. The van der Waals surface area contributed by atoms with E-state index in [9.17, 15) is 15.3 Å². The molecule has 3 fully saturated rings. The third-order valence-electron chi connectivity index (χ3n) is 5.62. The predicted molar refractivity (Wildman–Crippen MR) is 78.1 cm³/mol. The fourth-order valence-electron chi connectivity index (χ4n) is 4.57. The van der Waals surface area contributed by atoms with Crippen molar-refractivity contribution in [3.05, 3.63) is 35.4 Å². The number of aliphatic hydroxyl groups is 3. The van der Waals surface area contributed by atoms with Gasteiger partial charge in [-0.2, -0.15) is 0 Å². The first-order valence-corrected chi connectivity index (χ1v) is 7.95. The quantitative estimate of drug-likeness (QED) is 0.759. The second-order valence-electron chi connectivity index (χ2n) is 6.84. The Labute approximate surface area is 129 Å². The van der Waals surface area contributed by atoms with Crippen LogP contribution in [0.1, 0.15) is 36.8 Å². The lowest BCUT2D eigenvalue weighted by atomic mass is 9.64. The van der Waals surface area contributed by atoms with Gasteiger partial charge in [-0.15, -0.1) is 0 Å². The van der Waals surface area contributed by atoms with Crippen LogP contribution >= 0.6 is 0 Å². The monoisotopic (exact) mass is 306 g/mol. The van der Waals surface area contributed by atoms with Gasteiger partial charge < -0.3 is 24.8 Å². The number of hydrogen-bond donors (Lipinski definition) is 3. The van der Waals surface area contributed by atoms with Crippen LogP contribution < -0.4 is 0 Å². The summed E-state index contributed by atoms with van der Waals surface area (Å²) in [6.07, 6.45) is 1.33. The Morgan fingerprint density at radius 1 is 1.27 bits per heavy atom. The van der Waals surface area contributed by atoms with Gasteiger partial charge in [-0.25, -0.2) is 0 Å². The Kier molecular flexibility index (Phi) is 3.00. The molecule has 1 aliphatic carbocycles. The lowest BCUT2D eigenvalue weighted by Crippen LogP contribution is -2.80. The summed E-state index contributed by atoms with van der Waals surface area (Å²) in [5.74, 6) is -1.38. The smallest absolute Gasteiger partial charge is 0.231 e. The molecule has 1 saturated carbocycles. The van der Waals surface area contributed by atoms with Gasteiger partial charge in [0.15, 0.2) is 5.60 Å². The minimum Gasteiger partial charge on any atom is -0.394 e. The fraction of sp³-hybridized carbons (Fsp3) is 0.647. The third-order valence-corrected chi connectivity index (χ3v) is 5.62. The van der Waals surface area contributed by atoms with E-state index in [0.717, 1.165) is 18.4 Å². The first kappa shape index (κ1) is 14.6. The van der Waals surface area contributed by atoms with E-state index >= 15 is 0 Å². The van der Waals surface area contributed by atoms with Crippen LogP contribution in [-0.2, 0) is 15.3 Å². The summed E-state index contributed by atoms with van der Waals surface area (Å²) in [5.41, 5.74) is -0.559. The van der Waals surface area contributed by atoms with E-state index < -0.39 is 29.2 Å². The van der Waals surface area contributed by atoms with Crippen molar-refractivity contribution in [1.82, 2.24) is 0 Å². The van der Waals surface area contributed by atoms with Gasteiger partial charge in [0.25, 0.3) is 0 Å². The van der Waals surface area contributed by atoms with Gasteiger partial charge >= 0.3 is 0 Å².